The third-order valence-electron chi connectivity index (χ3n) is 3.31. The maximum absolute atomic E-state index is 13.2. The molecule has 0 saturated carbocycles. The van der Waals surface area contributed by atoms with Crippen LogP contribution in [-0.4, -0.2) is 38.4 Å². The zero-order valence-electron chi connectivity index (χ0n) is 13.7. The fraction of sp³-hybridized carbons (Fsp3) is 0.333. The predicted octanol–water partition coefficient (Wildman–Crippen LogP) is 3.86. The summed E-state index contributed by atoms with van der Waals surface area (Å²) < 4.78 is 77.2. The first-order valence-electron chi connectivity index (χ1n) is 7.20. The number of alkyl halides is 6. The van der Waals surface area contributed by atoms with E-state index in [4.69, 9.17) is 0 Å². The van der Waals surface area contributed by atoms with Gasteiger partial charge in [0.15, 0.2) is 0 Å². The first kappa shape index (κ1) is 20.9. The average molecular weight is 410 g/mol. The summed E-state index contributed by atoms with van der Waals surface area (Å²) in [5.41, 5.74) is -1.30. The lowest BCUT2D eigenvalue weighted by Gasteiger charge is -2.20. The van der Waals surface area contributed by atoms with Crippen LogP contribution < -0.4 is 0 Å². The van der Waals surface area contributed by atoms with Crippen molar-refractivity contribution in [3.63, 3.8) is 0 Å². The second-order valence-corrected chi connectivity index (χ2v) is 6.12. The number of carbonyl (C=O) groups excluding carboxylic acids is 1. The second-order valence-electron chi connectivity index (χ2n) is 5.29. The van der Waals surface area contributed by atoms with Crippen LogP contribution >= 0.6 is 11.8 Å². The highest BCUT2D eigenvalue weighted by Gasteiger charge is 2.35. The number of nitrogens with zero attached hydrogens (tertiary/aromatic N) is 4. The summed E-state index contributed by atoms with van der Waals surface area (Å²) in [5.74, 6) is -1.20. The fourth-order valence-corrected chi connectivity index (χ4v) is 2.63. The number of amides is 1. The molecule has 2 aromatic rings. The highest BCUT2D eigenvalue weighted by molar-refractivity contribution is 7.98. The molecule has 0 atom stereocenters. The van der Waals surface area contributed by atoms with Crippen molar-refractivity contribution in [2.75, 3.05) is 12.1 Å². The Morgan fingerprint density at radius 2 is 1.67 bits per heavy atom. The van der Waals surface area contributed by atoms with Crippen molar-refractivity contribution in [2.24, 2.45) is 0 Å². The van der Waals surface area contributed by atoms with E-state index in [-0.39, 0.29) is 29.2 Å². The van der Waals surface area contributed by atoms with Gasteiger partial charge in [-0.3, -0.25) is 9.78 Å². The Bertz CT molecular complexity index is 794. The number of hydrogen-bond acceptors (Lipinski definition) is 5. The summed E-state index contributed by atoms with van der Waals surface area (Å²) >= 11 is 1.24. The molecular weight excluding hydrogens is 398 g/mol. The summed E-state index contributed by atoms with van der Waals surface area (Å²) in [4.78, 5) is 22.1. The topological polar surface area (TPSA) is 59.0 Å². The molecule has 1 amide bonds. The molecule has 5 nitrogen and oxygen atoms in total. The van der Waals surface area contributed by atoms with Crippen LogP contribution in [0.15, 0.2) is 24.7 Å². The van der Waals surface area contributed by atoms with Crippen molar-refractivity contribution in [1.82, 2.24) is 19.9 Å². The largest absolute Gasteiger partial charge is 0.451 e. The molecule has 0 aliphatic carbocycles. The van der Waals surface area contributed by atoms with Gasteiger partial charge in [-0.15, -0.1) is 11.8 Å². The van der Waals surface area contributed by atoms with Crippen LogP contribution in [0.4, 0.5) is 26.3 Å². The molecular formula is C15H12F6N4OS. The molecule has 0 fully saturated rings. The smallest absolute Gasteiger partial charge is 0.332 e. The minimum absolute atomic E-state index is 0.0143. The van der Waals surface area contributed by atoms with E-state index in [1.807, 2.05) is 0 Å². The molecule has 0 radical (unpaired) electrons. The number of rotatable bonds is 6. The van der Waals surface area contributed by atoms with Gasteiger partial charge in [-0.2, -0.15) is 26.3 Å². The summed E-state index contributed by atoms with van der Waals surface area (Å²) in [6.45, 7) is -0.337. The third-order valence-corrected chi connectivity index (χ3v) is 3.90. The van der Waals surface area contributed by atoms with Gasteiger partial charge in [0, 0.05) is 30.7 Å². The van der Waals surface area contributed by atoms with Crippen molar-refractivity contribution >= 4 is 18.2 Å². The second kappa shape index (κ2) is 8.11. The van der Waals surface area contributed by atoms with E-state index < -0.39 is 23.7 Å². The molecule has 146 valence electrons. The Morgan fingerprint density at radius 1 is 1.04 bits per heavy atom. The minimum atomic E-state index is -4.74. The van der Waals surface area contributed by atoms with Crippen molar-refractivity contribution in [3.8, 4) is 11.3 Å². The van der Waals surface area contributed by atoms with Crippen LogP contribution in [0.3, 0.4) is 0 Å². The molecule has 0 aliphatic rings. The summed E-state index contributed by atoms with van der Waals surface area (Å²) in [6, 6.07) is 1.06. The van der Waals surface area contributed by atoms with E-state index >= 15 is 0 Å². The molecule has 2 rings (SSSR count). The normalized spacial score (nSPS) is 12.1. The molecule has 0 aliphatic heterocycles. The standard InChI is InChI=1S/C15H12F6N4OS/c1-27-8-25(7-26)6-9-2-12(22-5-11(9)14(16,17)18)10-3-23-13(24-4-10)15(19,20)21/h2-5,7H,6,8H2,1H3. The maximum atomic E-state index is 13.2. The van der Waals surface area contributed by atoms with Gasteiger partial charge in [0.2, 0.25) is 12.2 Å². The van der Waals surface area contributed by atoms with Crippen LogP contribution in [0.5, 0.6) is 0 Å². The molecule has 2 heterocycles. The summed E-state index contributed by atoms with van der Waals surface area (Å²) in [6.07, 6.45) is -5.12. The highest BCUT2D eigenvalue weighted by Crippen LogP contribution is 2.34. The molecule has 0 aromatic carbocycles. The van der Waals surface area contributed by atoms with E-state index in [2.05, 4.69) is 15.0 Å². The van der Waals surface area contributed by atoms with Gasteiger partial charge in [0.1, 0.15) is 0 Å². The quantitative estimate of drug-likeness (QED) is 0.411. The first-order valence-corrected chi connectivity index (χ1v) is 8.59. The first-order chi connectivity index (χ1) is 12.6. The molecule has 0 unspecified atom stereocenters. The third kappa shape index (κ3) is 5.31. The monoisotopic (exact) mass is 410 g/mol. The van der Waals surface area contributed by atoms with Gasteiger partial charge in [0.25, 0.3) is 0 Å². The van der Waals surface area contributed by atoms with Gasteiger partial charge in [-0.25, -0.2) is 9.97 Å². The minimum Gasteiger partial charge on any atom is -0.332 e. The number of aromatic nitrogens is 3. The van der Waals surface area contributed by atoms with Gasteiger partial charge < -0.3 is 4.90 Å². The molecule has 12 heteroatoms. The summed E-state index contributed by atoms with van der Waals surface area (Å²) in [5, 5.41) is 0. The Labute approximate surface area is 153 Å². The van der Waals surface area contributed by atoms with Gasteiger partial charge in [0.05, 0.1) is 17.1 Å². The number of carbonyl (C=O) groups is 1. The van der Waals surface area contributed by atoms with Crippen LogP contribution in [-0.2, 0) is 23.7 Å². The van der Waals surface area contributed by atoms with E-state index in [0.29, 0.717) is 12.6 Å². The molecule has 0 saturated heterocycles. The molecule has 0 N–H and O–H groups in total. The zero-order chi connectivity index (χ0) is 20.2. The van der Waals surface area contributed by atoms with Crippen LogP contribution in [0.1, 0.15) is 17.0 Å². The molecule has 2 aromatic heterocycles. The van der Waals surface area contributed by atoms with E-state index in [0.717, 1.165) is 23.4 Å². The van der Waals surface area contributed by atoms with Gasteiger partial charge in [-0.05, 0) is 17.9 Å². The van der Waals surface area contributed by atoms with Crippen LogP contribution in [0, 0.1) is 0 Å². The lowest BCUT2D eigenvalue weighted by Crippen LogP contribution is -2.23. The summed E-state index contributed by atoms with van der Waals surface area (Å²) in [7, 11) is 0. The van der Waals surface area contributed by atoms with E-state index in [9.17, 15) is 31.1 Å². The maximum Gasteiger partial charge on any atom is 0.451 e. The lowest BCUT2D eigenvalue weighted by molar-refractivity contribution is -0.145. The number of pyridine rings is 1. The Balaban J connectivity index is 2.44. The molecule has 0 spiro atoms. The van der Waals surface area contributed by atoms with Crippen LogP contribution in [0.2, 0.25) is 0 Å². The van der Waals surface area contributed by atoms with E-state index in [1.54, 1.807) is 6.26 Å². The van der Waals surface area contributed by atoms with Gasteiger partial charge >= 0.3 is 12.4 Å². The van der Waals surface area contributed by atoms with Gasteiger partial charge in [-0.1, -0.05) is 0 Å². The van der Waals surface area contributed by atoms with Crippen molar-refractivity contribution in [2.45, 2.75) is 18.9 Å². The number of halogens is 6. The number of thioether (sulfide) groups is 1. The van der Waals surface area contributed by atoms with Crippen LogP contribution in [0.25, 0.3) is 11.3 Å². The average Bonchev–Trinajstić information content (AvgIpc) is 2.59. The SMILES string of the molecule is CSCN(C=O)Cc1cc(-c2cnc(C(F)(F)F)nc2)ncc1C(F)(F)F. The Kier molecular flexibility index (Phi) is 6.29. The Hall–Kier alpha value is -2.37. The lowest BCUT2D eigenvalue weighted by atomic mass is 10.1. The van der Waals surface area contributed by atoms with E-state index in [1.165, 1.54) is 11.8 Å². The van der Waals surface area contributed by atoms with Crippen molar-refractivity contribution in [3.05, 3.63) is 41.6 Å². The fourth-order valence-electron chi connectivity index (χ4n) is 2.15. The highest BCUT2D eigenvalue weighted by atomic mass is 32.2. The predicted molar refractivity (Wildman–Crippen MR) is 85.3 cm³/mol. The van der Waals surface area contributed by atoms with Crippen molar-refractivity contribution < 1.29 is 31.1 Å². The number of hydrogen-bond donors (Lipinski definition) is 0. The zero-order valence-corrected chi connectivity index (χ0v) is 14.5. The Morgan fingerprint density at radius 3 is 2.15 bits per heavy atom. The molecule has 0 bridgehead atoms. The molecule has 27 heavy (non-hydrogen) atoms. The van der Waals surface area contributed by atoms with Crippen molar-refractivity contribution in [1.29, 1.82) is 0 Å².